The molecule has 0 aliphatic carbocycles. The van der Waals surface area contributed by atoms with Gasteiger partial charge in [0.05, 0.1) is 7.11 Å². The average Bonchev–Trinajstić information content (AvgIpc) is 3.26. The molecule has 0 N–H and O–H groups in total. The maximum absolute atomic E-state index is 13.4. The molecule has 0 radical (unpaired) electrons. The summed E-state index contributed by atoms with van der Waals surface area (Å²) in [6.45, 7) is 5.25. The van der Waals surface area contributed by atoms with Crippen molar-refractivity contribution in [2.75, 3.05) is 13.7 Å². The summed E-state index contributed by atoms with van der Waals surface area (Å²) in [7, 11) is 1.68. The van der Waals surface area contributed by atoms with Crippen molar-refractivity contribution in [1.82, 2.24) is 9.88 Å². The zero-order valence-electron chi connectivity index (χ0n) is 19.0. The van der Waals surface area contributed by atoms with Gasteiger partial charge < -0.3 is 14.4 Å². The van der Waals surface area contributed by atoms with Crippen LogP contribution in [0.2, 0.25) is 0 Å². The van der Waals surface area contributed by atoms with Gasteiger partial charge in [0.25, 0.3) is 5.91 Å². The smallest absolute Gasteiger partial charge is 0.254 e. The first kappa shape index (κ1) is 21.9. The van der Waals surface area contributed by atoms with E-state index in [2.05, 4.69) is 17.1 Å². The number of carbonyl (C=O) groups is 1. The molecule has 1 aliphatic rings. The first-order valence-electron chi connectivity index (χ1n) is 11.1. The normalized spacial score (nSPS) is 15.6. The van der Waals surface area contributed by atoms with Crippen molar-refractivity contribution < 1.29 is 14.3 Å². The van der Waals surface area contributed by atoms with Crippen molar-refractivity contribution in [3.63, 3.8) is 0 Å². The Morgan fingerprint density at radius 2 is 1.88 bits per heavy atom. The van der Waals surface area contributed by atoms with E-state index in [1.54, 1.807) is 19.5 Å². The number of benzene rings is 2. The van der Waals surface area contributed by atoms with E-state index in [1.165, 1.54) is 5.56 Å². The Morgan fingerprint density at radius 1 is 1.09 bits per heavy atom. The predicted molar refractivity (Wildman–Crippen MR) is 125 cm³/mol. The van der Waals surface area contributed by atoms with Crippen LogP contribution in [0.3, 0.4) is 0 Å². The molecule has 2 aromatic carbocycles. The third-order valence-electron chi connectivity index (χ3n) is 6.06. The topological polar surface area (TPSA) is 51.7 Å². The second kappa shape index (κ2) is 9.86. The van der Waals surface area contributed by atoms with Crippen molar-refractivity contribution in [2.24, 2.45) is 0 Å². The molecule has 0 bridgehead atoms. The number of hydrogen-bond acceptors (Lipinski definition) is 4. The van der Waals surface area contributed by atoms with Crippen LogP contribution < -0.4 is 9.47 Å². The molecule has 5 heteroatoms. The fraction of sp³-hybridized carbons (Fsp3) is 0.333. The van der Waals surface area contributed by atoms with Crippen LogP contribution in [0.15, 0.2) is 60.9 Å². The summed E-state index contributed by atoms with van der Waals surface area (Å²) in [6, 6.07) is 16.1. The highest BCUT2D eigenvalue weighted by Crippen LogP contribution is 2.29. The molecule has 1 saturated heterocycles. The fourth-order valence-corrected chi connectivity index (χ4v) is 4.49. The van der Waals surface area contributed by atoms with Crippen LogP contribution in [-0.2, 0) is 13.0 Å². The molecule has 1 fully saturated rings. The molecule has 3 aromatic rings. The van der Waals surface area contributed by atoms with Crippen LogP contribution in [0.1, 0.15) is 45.5 Å². The monoisotopic (exact) mass is 430 g/mol. The lowest BCUT2D eigenvalue weighted by Gasteiger charge is -2.26. The Morgan fingerprint density at radius 3 is 2.59 bits per heavy atom. The summed E-state index contributed by atoms with van der Waals surface area (Å²) in [5.41, 5.74) is 4.89. The Balaban J connectivity index is 1.48. The molecule has 1 unspecified atom stereocenters. The lowest BCUT2D eigenvalue weighted by molar-refractivity contribution is 0.0736. The molecule has 0 spiro atoms. The summed E-state index contributed by atoms with van der Waals surface area (Å²) < 4.78 is 11.4. The number of carbonyl (C=O) groups excluding carboxylic acids is 1. The largest absolute Gasteiger partial charge is 0.497 e. The van der Waals surface area contributed by atoms with E-state index < -0.39 is 0 Å². The molecule has 1 aliphatic heterocycles. The van der Waals surface area contributed by atoms with E-state index in [0.717, 1.165) is 59.6 Å². The van der Waals surface area contributed by atoms with Crippen molar-refractivity contribution >= 4 is 5.91 Å². The highest BCUT2D eigenvalue weighted by molar-refractivity contribution is 5.95. The van der Waals surface area contributed by atoms with Gasteiger partial charge in [-0.05, 0) is 80.1 Å². The Bertz CT molecular complexity index is 1060. The van der Waals surface area contributed by atoms with Gasteiger partial charge in [0, 0.05) is 36.1 Å². The second-order valence-electron chi connectivity index (χ2n) is 8.44. The molecule has 0 saturated carbocycles. The number of rotatable bonds is 7. The van der Waals surface area contributed by atoms with Gasteiger partial charge in [0.15, 0.2) is 0 Å². The average molecular weight is 431 g/mol. The van der Waals surface area contributed by atoms with Crippen LogP contribution in [0, 0.1) is 13.8 Å². The number of aromatic nitrogens is 1. The molecule has 1 atom stereocenters. The first-order chi connectivity index (χ1) is 15.5. The maximum Gasteiger partial charge on any atom is 0.254 e. The van der Waals surface area contributed by atoms with Crippen molar-refractivity contribution in [3.8, 4) is 11.5 Å². The highest BCUT2D eigenvalue weighted by atomic mass is 16.5. The van der Waals surface area contributed by atoms with Gasteiger partial charge in [0.1, 0.15) is 18.1 Å². The molecule has 1 amide bonds. The van der Waals surface area contributed by atoms with Crippen LogP contribution in [-0.4, -0.2) is 35.5 Å². The molecule has 5 nitrogen and oxygen atoms in total. The number of aryl methyl sites for hydroxylation is 2. The van der Waals surface area contributed by atoms with Gasteiger partial charge in [-0.2, -0.15) is 0 Å². The van der Waals surface area contributed by atoms with E-state index in [0.29, 0.717) is 6.61 Å². The number of nitrogens with zero attached hydrogens (tertiary/aromatic N) is 2. The van der Waals surface area contributed by atoms with Crippen molar-refractivity contribution in [1.29, 1.82) is 0 Å². The van der Waals surface area contributed by atoms with E-state index >= 15 is 0 Å². The Kier molecular flexibility index (Phi) is 6.74. The first-order valence-corrected chi connectivity index (χ1v) is 11.1. The minimum Gasteiger partial charge on any atom is -0.497 e. The Hall–Kier alpha value is -3.34. The summed E-state index contributed by atoms with van der Waals surface area (Å²) in [5, 5.41) is 0. The van der Waals surface area contributed by atoms with Gasteiger partial charge >= 0.3 is 0 Å². The fourth-order valence-electron chi connectivity index (χ4n) is 4.49. The van der Waals surface area contributed by atoms with Crippen LogP contribution in [0.25, 0.3) is 0 Å². The number of likely N-dealkylation sites (tertiary alicyclic amines) is 1. The van der Waals surface area contributed by atoms with Gasteiger partial charge in [0.2, 0.25) is 0 Å². The molecule has 4 rings (SSSR count). The van der Waals surface area contributed by atoms with Gasteiger partial charge in [-0.1, -0.05) is 18.2 Å². The number of pyridine rings is 1. The Labute approximate surface area is 190 Å². The number of amides is 1. The predicted octanol–water partition coefficient (Wildman–Crippen LogP) is 5.13. The lowest BCUT2D eigenvalue weighted by Crippen LogP contribution is -2.36. The quantitative estimate of drug-likeness (QED) is 0.521. The molecule has 2 heterocycles. The van der Waals surface area contributed by atoms with E-state index in [1.807, 2.05) is 55.1 Å². The zero-order chi connectivity index (χ0) is 22.5. The molecule has 1 aromatic heterocycles. The number of methoxy groups -OCH3 is 1. The summed E-state index contributed by atoms with van der Waals surface area (Å²) in [4.78, 5) is 19.6. The standard InChI is InChI=1S/C27H30N2O3/c1-19-13-23(14-20(2)26(19)32-18-22-8-5-11-28-17-22)27(30)29-12-6-9-24(29)15-21-7-4-10-25(16-21)31-3/h4-5,7-8,10-11,13-14,16-17,24H,6,9,12,15,18H2,1-3H3. The van der Waals surface area contributed by atoms with Crippen LogP contribution in [0.4, 0.5) is 0 Å². The van der Waals surface area contributed by atoms with E-state index in [9.17, 15) is 4.79 Å². The molecular weight excluding hydrogens is 400 g/mol. The van der Waals surface area contributed by atoms with Gasteiger partial charge in [-0.3, -0.25) is 9.78 Å². The minimum atomic E-state index is 0.0976. The van der Waals surface area contributed by atoms with Crippen LogP contribution >= 0.6 is 0 Å². The van der Waals surface area contributed by atoms with E-state index in [-0.39, 0.29) is 11.9 Å². The van der Waals surface area contributed by atoms with Gasteiger partial charge in [-0.15, -0.1) is 0 Å². The maximum atomic E-state index is 13.4. The SMILES string of the molecule is COc1cccc(CC2CCCN2C(=O)c2cc(C)c(OCc3cccnc3)c(C)c2)c1. The summed E-state index contributed by atoms with van der Waals surface area (Å²) in [5.74, 6) is 1.78. The second-order valence-corrected chi connectivity index (χ2v) is 8.44. The van der Waals surface area contributed by atoms with Crippen molar-refractivity contribution in [2.45, 2.75) is 45.8 Å². The number of ether oxygens (including phenoxy) is 2. The highest BCUT2D eigenvalue weighted by Gasteiger charge is 2.30. The minimum absolute atomic E-state index is 0.0976. The summed E-state index contributed by atoms with van der Waals surface area (Å²) in [6.07, 6.45) is 6.45. The molecular formula is C27H30N2O3. The van der Waals surface area contributed by atoms with Crippen LogP contribution in [0.5, 0.6) is 11.5 Å². The third-order valence-corrected chi connectivity index (χ3v) is 6.06. The zero-order valence-corrected chi connectivity index (χ0v) is 19.0. The summed E-state index contributed by atoms with van der Waals surface area (Å²) >= 11 is 0. The van der Waals surface area contributed by atoms with Crippen molar-refractivity contribution in [3.05, 3.63) is 88.7 Å². The third kappa shape index (κ3) is 4.93. The number of hydrogen-bond donors (Lipinski definition) is 0. The molecule has 166 valence electrons. The molecule has 32 heavy (non-hydrogen) atoms. The van der Waals surface area contributed by atoms with E-state index in [4.69, 9.17) is 9.47 Å². The van der Waals surface area contributed by atoms with Gasteiger partial charge in [-0.25, -0.2) is 0 Å². The lowest BCUT2D eigenvalue weighted by atomic mass is 10.0.